The van der Waals surface area contributed by atoms with Crippen LogP contribution in [0.2, 0.25) is 0 Å². The molecule has 2 aliphatic heterocycles. The van der Waals surface area contributed by atoms with E-state index in [0.29, 0.717) is 11.3 Å². The minimum atomic E-state index is 0.531. The van der Waals surface area contributed by atoms with Crippen LogP contribution in [0.25, 0.3) is 0 Å². The lowest BCUT2D eigenvalue weighted by Gasteiger charge is -2.47. The van der Waals surface area contributed by atoms with Crippen molar-refractivity contribution in [1.82, 2.24) is 4.90 Å². The van der Waals surface area contributed by atoms with Crippen molar-refractivity contribution < 1.29 is 9.47 Å². The molecule has 0 saturated carbocycles. The third-order valence-corrected chi connectivity index (χ3v) is 4.93. The first-order valence-corrected chi connectivity index (χ1v) is 8.20. The van der Waals surface area contributed by atoms with Crippen LogP contribution in [0.4, 0.5) is 0 Å². The van der Waals surface area contributed by atoms with Crippen LogP contribution in [0.3, 0.4) is 0 Å². The number of ether oxygens (including phenoxy) is 2. The Hall–Kier alpha value is -1.06. The summed E-state index contributed by atoms with van der Waals surface area (Å²) in [5.74, 6) is 1.55. The van der Waals surface area contributed by atoms with Gasteiger partial charge in [-0.2, -0.15) is 0 Å². The van der Waals surface area contributed by atoms with Crippen LogP contribution in [0.1, 0.15) is 38.2 Å². The average molecular weight is 289 g/mol. The molecule has 116 valence electrons. The Labute approximate surface area is 128 Å². The molecule has 3 nitrogen and oxygen atoms in total. The van der Waals surface area contributed by atoms with Crippen molar-refractivity contribution in [3.05, 3.63) is 29.8 Å². The Bertz CT molecular complexity index is 458. The average Bonchev–Trinajstić information content (AvgIpc) is 2.47. The van der Waals surface area contributed by atoms with Gasteiger partial charge in [0.2, 0.25) is 0 Å². The van der Waals surface area contributed by atoms with E-state index in [1.807, 2.05) is 0 Å². The molecule has 0 bridgehead atoms. The number of rotatable bonds is 5. The zero-order valence-electron chi connectivity index (χ0n) is 13.3. The summed E-state index contributed by atoms with van der Waals surface area (Å²) in [6, 6.07) is 8.48. The van der Waals surface area contributed by atoms with Crippen LogP contribution in [-0.2, 0) is 4.74 Å². The van der Waals surface area contributed by atoms with Crippen molar-refractivity contribution in [3.8, 4) is 5.75 Å². The minimum absolute atomic E-state index is 0.531. The summed E-state index contributed by atoms with van der Waals surface area (Å²) in [7, 11) is 0. The van der Waals surface area contributed by atoms with Gasteiger partial charge < -0.3 is 9.47 Å². The highest BCUT2D eigenvalue weighted by Crippen LogP contribution is 2.38. The number of hydrogen-bond acceptors (Lipinski definition) is 3. The van der Waals surface area contributed by atoms with E-state index in [9.17, 15) is 0 Å². The fourth-order valence-corrected chi connectivity index (χ4v) is 3.19. The van der Waals surface area contributed by atoms with Gasteiger partial charge in [-0.05, 0) is 49.5 Å². The largest absolute Gasteiger partial charge is 0.492 e. The number of benzene rings is 1. The summed E-state index contributed by atoms with van der Waals surface area (Å²) in [4.78, 5) is 2.52. The standard InChI is InChI=1S/C18H27NO2/c1-15(2)16-4-3-5-17(12-16)21-11-10-19-8-6-18(7-9-19)13-20-14-18/h3-5,12,15H,6-11,13-14H2,1-2H3. The molecule has 0 N–H and O–H groups in total. The van der Waals surface area contributed by atoms with Crippen molar-refractivity contribution in [2.24, 2.45) is 5.41 Å². The quantitative estimate of drug-likeness (QED) is 0.830. The van der Waals surface area contributed by atoms with E-state index in [2.05, 4.69) is 43.0 Å². The van der Waals surface area contributed by atoms with E-state index < -0.39 is 0 Å². The van der Waals surface area contributed by atoms with Gasteiger partial charge in [-0.1, -0.05) is 26.0 Å². The summed E-state index contributed by atoms with van der Waals surface area (Å²) in [6.07, 6.45) is 2.58. The van der Waals surface area contributed by atoms with Crippen molar-refractivity contribution in [1.29, 1.82) is 0 Å². The smallest absolute Gasteiger partial charge is 0.119 e. The van der Waals surface area contributed by atoms with E-state index >= 15 is 0 Å². The first-order chi connectivity index (χ1) is 10.2. The summed E-state index contributed by atoms with van der Waals surface area (Å²) >= 11 is 0. The Morgan fingerprint density at radius 3 is 2.62 bits per heavy atom. The number of nitrogens with zero attached hydrogens (tertiary/aromatic N) is 1. The molecule has 2 saturated heterocycles. The molecule has 21 heavy (non-hydrogen) atoms. The fraction of sp³-hybridized carbons (Fsp3) is 0.667. The van der Waals surface area contributed by atoms with Crippen molar-refractivity contribution in [2.75, 3.05) is 39.5 Å². The Balaban J connectivity index is 1.41. The summed E-state index contributed by atoms with van der Waals surface area (Å²) in [6.45, 7) is 10.6. The van der Waals surface area contributed by atoms with Gasteiger partial charge in [-0.3, -0.25) is 4.90 Å². The molecule has 3 rings (SSSR count). The maximum atomic E-state index is 5.93. The first-order valence-electron chi connectivity index (χ1n) is 8.20. The normalized spacial score (nSPS) is 21.5. The monoisotopic (exact) mass is 289 g/mol. The van der Waals surface area contributed by atoms with Crippen molar-refractivity contribution >= 4 is 0 Å². The molecule has 0 radical (unpaired) electrons. The van der Waals surface area contributed by atoms with E-state index in [0.717, 1.165) is 32.1 Å². The molecule has 0 amide bonds. The Kier molecular flexibility index (Phi) is 4.51. The number of hydrogen-bond donors (Lipinski definition) is 0. The summed E-state index contributed by atoms with van der Waals surface area (Å²) < 4.78 is 11.3. The highest BCUT2D eigenvalue weighted by molar-refractivity contribution is 5.30. The molecule has 1 spiro atoms. The van der Waals surface area contributed by atoms with E-state index in [1.54, 1.807) is 0 Å². The molecule has 0 unspecified atom stereocenters. The Morgan fingerprint density at radius 2 is 2.00 bits per heavy atom. The second-order valence-corrected chi connectivity index (χ2v) is 6.91. The van der Waals surface area contributed by atoms with E-state index in [-0.39, 0.29) is 0 Å². The van der Waals surface area contributed by atoms with Crippen molar-refractivity contribution in [3.63, 3.8) is 0 Å². The van der Waals surface area contributed by atoms with E-state index in [4.69, 9.17) is 9.47 Å². The highest BCUT2D eigenvalue weighted by atomic mass is 16.5. The SMILES string of the molecule is CC(C)c1cccc(OCCN2CCC3(CC2)COC3)c1. The van der Waals surface area contributed by atoms with Crippen LogP contribution in [0, 0.1) is 5.41 Å². The van der Waals surface area contributed by atoms with Gasteiger partial charge in [0.1, 0.15) is 12.4 Å². The zero-order chi connectivity index (χ0) is 14.7. The second kappa shape index (κ2) is 6.37. The molecule has 1 aromatic rings. The molecule has 2 aliphatic rings. The zero-order valence-corrected chi connectivity index (χ0v) is 13.3. The topological polar surface area (TPSA) is 21.7 Å². The first kappa shape index (κ1) is 14.9. The summed E-state index contributed by atoms with van der Waals surface area (Å²) in [5.41, 5.74) is 1.88. The van der Waals surface area contributed by atoms with Crippen LogP contribution in [0.5, 0.6) is 5.75 Å². The third kappa shape index (κ3) is 3.58. The van der Waals surface area contributed by atoms with Gasteiger partial charge in [0.25, 0.3) is 0 Å². The van der Waals surface area contributed by atoms with Gasteiger partial charge in [0.15, 0.2) is 0 Å². The fourth-order valence-electron chi connectivity index (χ4n) is 3.19. The van der Waals surface area contributed by atoms with Crippen LogP contribution >= 0.6 is 0 Å². The molecule has 0 atom stereocenters. The predicted molar refractivity (Wildman–Crippen MR) is 85.0 cm³/mol. The van der Waals surface area contributed by atoms with E-state index in [1.165, 1.54) is 31.5 Å². The second-order valence-electron chi connectivity index (χ2n) is 6.91. The van der Waals surface area contributed by atoms with Crippen LogP contribution < -0.4 is 4.74 Å². The van der Waals surface area contributed by atoms with Crippen LogP contribution in [-0.4, -0.2) is 44.4 Å². The number of piperidine rings is 1. The van der Waals surface area contributed by atoms with Crippen LogP contribution in [0.15, 0.2) is 24.3 Å². The minimum Gasteiger partial charge on any atom is -0.492 e. The lowest BCUT2D eigenvalue weighted by atomic mass is 9.77. The number of likely N-dealkylation sites (tertiary alicyclic amines) is 1. The van der Waals surface area contributed by atoms with Gasteiger partial charge in [-0.15, -0.1) is 0 Å². The Morgan fingerprint density at radius 1 is 1.24 bits per heavy atom. The van der Waals surface area contributed by atoms with Gasteiger partial charge in [0, 0.05) is 12.0 Å². The third-order valence-electron chi connectivity index (χ3n) is 4.93. The lowest BCUT2D eigenvalue weighted by Crippen LogP contribution is -2.51. The molecular weight excluding hydrogens is 262 g/mol. The lowest BCUT2D eigenvalue weighted by molar-refractivity contribution is -0.139. The molecule has 3 heteroatoms. The maximum absolute atomic E-state index is 5.93. The molecule has 2 heterocycles. The summed E-state index contributed by atoms with van der Waals surface area (Å²) in [5, 5.41) is 0. The molecule has 1 aromatic carbocycles. The highest BCUT2D eigenvalue weighted by Gasteiger charge is 2.40. The molecule has 0 aliphatic carbocycles. The molecule has 0 aromatic heterocycles. The van der Waals surface area contributed by atoms with Crippen molar-refractivity contribution in [2.45, 2.75) is 32.6 Å². The van der Waals surface area contributed by atoms with Gasteiger partial charge >= 0.3 is 0 Å². The molecule has 2 fully saturated rings. The van der Waals surface area contributed by atoms with Gasteiger partial charge in [-0.25, -0.2) is 0 Å². The maximum Gasteiger partial charge on any atom is 0.119 e. The van der Waals surface area contributed by atoms with Gasteiger partial charge in [0.05, 0.1) is 13.2 Å². The molecular formula is C18H27NO2. The predicted octanol–water partition coefficient (Wildman–Crippen LogP) is 3.30.